The lowest BCUT2D eigenvalue weighted by molar-refractivity contribution is -0.117. The van der Waals surface area contributed by atoms with Gasteiger partial charge in [0.1, 0.15) is 0 Å². The van der Waals surface area contributed by atoms with E-state index >= 15 is 0 Å². The standard InChI is InChI=1S/C18H28N2O/c1-18(2,3)15-10-6-7-11-16(15)19-17(21)14-20-12-8-4-5-9-13-20/h6-7,10-11H,4-5,8-9,12-14H2,1-3H3,(H,19,21). The minimum absolute atomic E-state index is 0.0342. The monoisotopic (exact) mass is 288 g/mol. The first-order chi connectivity index (χ1) is 9.97. The van der Waals surface area contributed by atoms with Crippen LogP contribution in [0.3, 0.4) is 0 Å². The Bertz CT molecular complexity index is 468. The first-order valence-electron chi connectivity index (χ1n) is 8.08. The van der Waals surface area contributed by atoms with Gasteiger partial charge in [0.2, 0.25) is 5.91 Å². The average molecular weight is 288 g/mol. The number of para-hydroxylation sites is 1. The van der Waals surface area contributed by atoms with Gasteiger partial charge >= 0.3 is 0 Å². The van der Waals surface area contributed by atoms with Gasteiger partial charge in [-0.3, -0.25) is 9.69 Å². The summed E-state index contributed by atoms with van der Waals surface area (Å²) in [6, 6.07) is 8.12. The maximum Gasteiger partial charge on any atom is 0.238 e. The van der Waals surface area contributed by atoms with Gasteiger partial charge in [0, 0.05) is 5.69 Å². The van der Waals surface area contributed by atoms with E-state index in [4.69, 9.17) is 0 Å². The van der Waals surface area contributed by atoms with Crippen molar-refractivity contribution in [1.82, 2.24) is 4.90 Å². The molecule has 1 aromatic carbocycles. The number of nitrogens with one attached hydrogen (secondary N) is 1. The highest BCUT2D eigenvalue weighted by molar-refractivity contribution is 5.93. The Labute approximate surface area is 128 Å². The predicted octanol–water partition coefficient (Wildman–Crippen LogP) is 3.80. The number of likely N-dealkylation sites (tertiary alicyclic amines) is 1. The minimum Gasteiger partial charge on any atom is -0.325 e. The summed E-state index contributed by atoms with van der Waals surface area (Å²) in [6.07, 6.45) is 5.02. The minimum atomic E-state index is 0.0342. The summed E-state index contributed by atoms with van der Waals surface area (Å²) in [7, 11) is 0. The average Bonchev–Trinajstić information content (AvgIpc) is 2.66. The number of anilines is 1. The van der Waals surface area contributed by atoms with Crippen LogP contribution in [-0.2, 0) is 10.2 Å². The summed E-state index contributed by atoms with van der Waals surface area (Å²) in [5.74, 6) is 0.105. The van der Waals surface area contributed by atoms with Gasteiger partial charge in [0.15, 0.2) is 0 Å². The molecule has 1 heterocycles. The fourth-order valence-electron chi connectivity index (χ4n) is 2.93. The third-order valence-corrected chi connectivity index (χ3v) is 4.08. The number of amides is 1. The maximum atomic E-state index is 12.3. The Morgan fingerprint density at radius 3 is 2.33 bits per heavy atom. The molecule has 1 saturated heterocycles. The predicted molar refractivity (Wildman–Crippen MR) is 88.7 cm³/mol. The molecule has 2 rings (SSSR count). The molecule has 1 fully saturated rings. The van der Waals surface area contributed by atoms with Gasteiger partial charge in [-0.05, 0) is 43.0 Å². The summed E-state index contributed by atoms with van der Waals surface area (Å²) in [6.45, 7) is 9.13. The van der Waals surface area contributed by atoms with E-state index < -0.39 is 0 Å². The van der Waals surface area contributed by atoms with Crippen LogP contribution in [0.1, 0.15) is 52.0 Å². The highest BCUT2D eigenvalue weighted by Gasteiger charge is 2.19. The van der Waals surface area contributed by atoms with Crippen molar-refractivity contribution in [2.24, 2.45) is 0 Å². The summed E-state index contributed by atoms with van der Waals surface area (Å²) in [5.41, 5.74) is 2.17. The lowest BCUT2D eigenvalue weighted by Crippen LogP contribution is -2.34. The lowest BCUT2D eigenvalue weighted by atomic mass is 9.86. The molecule has 0 aromatic heterocycles. The number of nitrogens with zero attached hydrogens (tertiary/aromatic N) is 1. The summed E-state index contributed by atoms with van der Waals surface area (Å²) in [5, 5.41) is 3.10. The number of hydrogen-bond donors (Lipinski definition) is 1. The van der Waals surface area contributed by atoms with Crippen LogP contribution in [0.4, 0.5) is 5.69 Å². The molecule has 0 saturated carbocycles. The van der Waals surface area contributed by atoms with Crippen LogP contribution in [0.5, 0.6) is 0 Å². The van der Waals surface area contributed by atoms with Crippen LogP contribution in [0.25, 0.3) is 0 Å². The highest BCUT2D eigenvalue weighted by Crippen LogP contribution is 2.29. The van der Waals surface area contributed by atoms with Gasteiger partial charge in [0.25, 0.3) is 0 Å². The van der Waals surface area contributed by atoms with Crippen molar-refractivity contribution in [3.8, 4) is 0 Å². The molecule has 0 aliphatic carbocycles. The van der Waals surface area contributed by atoms with E-state index in [9.17, 15) is 4.79 Å². The Morgan fingerprint density at radius 2 is 1.71 bits per heavy atom. The molecule has 0 unspecified atom stereocenters. The van der Waals surface area contributed by atoms with Crippen LogP contribution in [0.15, 0.2) is 24.3 Å². The Balaban J connectivity index is 1.99. The van der Waals surface area contributed by atoms with Gasteiger partial charge in [-0.15, -0.1) is 0 Å². The van der Waals surface area contributed by atoms with Crippen LogP contribution in [-0.4, -0.2) is 30.4 Å². The molecular weight excluding hydrogens is 260 g/mol. The van der Waals surface area contributed by atoms with Crippen molar-refractivity contribution in [1.29, 1.82) is 0 Å². The molecule has 1 aliphatic rings. The number of benzene rings is 1. The van der Waals surface area contributed by atoms with Crippen molar-refractivity contribution in [2.75, 3.05) is 25.0 Å². The van der Waals surface area contributed by atoms with E-state index in [1.54, 1.807) is 0 Å². The number of carbonyl (C=O) groups is 1. The molecule has 0 atom stereocenters. The molecule has 3 heteroatoms. The Hall–Kier alpha value is -1.35. The van der Waals surface area contributed by atoms with Crippen LogP contribution < -0.4 is 5.32 Å². The zero-order valence-electron chi connectivity index (χ0n) is 13.6. The number of rotatable bonds is 3. The van der Waals surface area contributed by atoms with Crippen molar-refractivity contribution in [3.05, 3.63) is 29.8 Å². The molecule has 3 nitrogen and oxygen atoms in total. The zero-order valence-corrected chi connectivity index (χ0v) is 13.6. The molecular formula is C18H28N2O. The van der Waals surface area contributed by atoms with Crippen LogP contribution >= 0.6 is 0 Å². The molecule has 1 aliphatic heterocycles. The largest absolute Gasteiger partial charge is 0.325 e. The summed E-state index contributed by atoms with van der Waals surface area (Å²) < 4.78 is 0. The van der Waals surface area contributed by atoms with E-state index in [0.717, 1.165) is 18.8 Å². The van der Waals surface area contributed by atoms with E-state index in [0.29, 0.717) is 6.54 Å². The Kier molecular flexibility index (Phi) is 5.40. The fourth-order valence-corrected chi connectivity index (χ4v) is 2.93. The van der Waals surface area contributed by atoms with E-state index in [1.807, 2.05) is 18.2 Å². The summed E-state index contributed by atoms with van der Waals surface area (Å²) >= 11 is 0. The topological polar surface area (TPSA) is 32.3 Å². The van der Waals surface area contributed by atoms with Crippen LogP contribution in [0, 0.1) is 0 Å². The molecule has 21 heavy (non-hydrogen) atoms. The van der Waals surface area contributed by atoms with Crippen molar-refractivity contribution in [3.63, 3.8) is 0 Å². The SMILES string of the molecule is CC(C)(C)c1ccccc1NC(=O)CN1CCCCCC1. The van der Waals surface area contributed by atoms with Gasteiger partial charge in [-0.2, -0.15) is 0 Å². The van der Waals surface area contributed by atoms with Crippen molar-refractivity contribution in [2.45, 2.75) is 51.9 Å². The van der Waals surface area contributed by atoms with Crippen molar-refractivity contribution < 1.29 is 4.79 Å². The van der Waals surface area contributed by atoms with E-state index in [-0.39, 0.29) is 11.3 Å². The number of hydrogen-bond acceptors (Lipinski definition) is 2. The van der Waals surface area contributed by atoms with Crippen molar-refractivity contribution >= 4 is 11.6 Å². The van der Waals surface area contributed by atoms with Gasteiger partial charge in [0.05, 0.1) is 6.54 Å². The lowest BCUT2D eigenvalue weighted by Gasteiger charge is -2.24. The third-order valence-electron chi connectivity index (χ3n) is 4.08. The first kappa shape index (κ1) is 16.0. The second kappa shape index (κ2) is 7.08. The molecule has 116 valence electrons. The normalized spacial score (nSPS) is 17.3. The van der Waals surface area contributed by atoms with Gasteiger partial charge < -0.3 is 5.32 Å². The third kappa shape index (κ3) is 4.85. The molecule has 0 spiro atoms. The Morgan fingerprint density at radius 1 is 1.10 bits per heavy atom. The van der Waals surface area contributed by atoms with Crippen LogP contribution in [0.2, 0.25) is 0 Å². The molecule has 1 N–H and O–H groups in total. The van der Waals surface area contributed by atoms with E-state index in [1.165, 1.54) is 31.2 Å². The molecule has 0 bridgehead atoms. The highest BCUT2D eigenvalue weighted by atomic mass is 16.2. The first-order valence-corrected chi connectivity index (χ1v) is 8.08. The number of carbonyl (C=O) groups excluding carboxylic acids is 1. The summed E-state index contributed by atoms with van der Waals surface area (Å²) in [4.78, 5) is 14.6. The maximum absolute atomic E-state index is 12.3. The molecule has 0 radical (unpaired) electrons. The van der Waals surface area contributed by atoms with Gasteiger partial charge in [-0.1, -0.05) is 51.8 Å². The molecule has 1 aromatic rings. The second-order valence-corrected chi connectivity index (χ2v) is 7.03. The fraction of sp³-hybridized carbons (Fsp3) is 0.611. The second-order valence-electron chi connectivity index (χ2n) is 7.03. The quantitative estimate of drug-likeness (QED) is 0.917. The smallest absolute Gasteiger partial charge is 0.238 e. The zero-order chi connectivity index (χ0) is 15.3. The molecule has 1 amide bonds. The van der Waals surface area contributed by atoms with Gasteiger partial charge in [-0.25, -0.2) is 0 Å². The van der Waals surface area contributed by atoms with E-state index in [2.05, 4.69) is 37.1 Å².